The number of nitrogens with two attached hydrogens (primary N) is 1. The van der Waals surface area contributed by atoms with Crippen LogP contribution in [0.2, 0.25) is 0 Å². The molecule has 1 fully saturated rings. The monoisotopic (exact) mass is 598 g/mol. The highest BCUT2D eigenvalue weighted by Gasteiger charge is 2.31. The summed E-state index contributed by atoms with van der Waals surface area (Å²) in [5.74, 6) is -3.34. The SMILES string of the molecule is C=CC(=O)N1CCN(c2nc(=O)n(-c3c(C)ccnc3S(N)(=O)=O)c3cc(-c4c(F)cccc4F)c(F)cc23)[C@@H](C)C1. The average molecular weight is 599 g/mol. The second-order valence-electron chi connectivity index (χ2n) is 9.86. The van der Waals surface area contributed by atoms with Crippen molar-refractivity contribution in [3.63, 3.8) is 0 Å². The Morgan fingerprint density at radius 2 is 1.81 bits per heavy atom. The number of aryl methyl sites for hydroxylation is 1. The number of amides is 1. The molecule has 0 radical (unpaired) electrons. The molecule has 2 aromatic carbocycles. The van der Waals surface area contributed by atoms with Crippen molar-refractivity contribution in [2.45, 2.75) is 24.9 Å². The molecule has 1 atom stereocenters. The number of aromatic nitrogens is 3. The van der Waals surface area contributed by atoms with Crippen molar-refractivity contribution in [2.75, 3.05) is 24.5 Å². The van der Waals surface area contributed by atoms with E-state index in [9.17, 15) is 26.8 Å². The minimum Gasteiger partial charge on any atom is -0.350 e. The van der Waals surface area contributed by atoms with Crippen LogP contribution >= 0.6 is 0 Å². The molecule has 0 unspecified atom stereocenters. The van der Waals surface area contributed by atoms with Crippen molar-refractivity contribution < 1.29 is 26.4 Å². The molecular weight excluding hydrogens is 573 g/mol. The fraction of sp³-hybridized carbons (Fsp3) is 0.214. The third kappa shape index (κ3) is 4.92. The van der Waals surface area contributed by atoms with Crippen LogP contribution in [0.5, 0.6) is 0 Å². The molecule has 5 rings (SSSR count). The van der Waals surface area contributed by atoms with Gasteiger partial charge in [-0.2, -0.15) is 4.98 Å². The lowest BCUT2D eigenvalue weighted by Gasteiger charge is -2.40. The molecule has 2 N–H and O–H groups in total. The summed E-state index contributed by atoms with van der Waals surface area (Å²) in [6, 6.07) is 6.16. The standard InChI is InChI=1S/C28H25F3N6O4S/c1-4-23(38)35-10-11-36(16(3)14-35)26-18-12-21(31)17(24-19(29)6-5-7-20(24)30)13-22(18)37(28(39)34-26)25-15(2)8-9-33-27(25)42(32,40)41/h4-9,12-13,16H,1,10-11,14H2,2-3H3,(H2,32,40,41)/t16-/m0/s1. The van der Waals surface area contributed by atoms with Crippen LogP contribution in [0.4, 0.5) is 19.0 Å². The number of piperazine rings is 1. The minimum absolute atomic E-state index is 0.0441. The first-order valence-corrected chi connectivity index (χ1v) is 14.3. The number of anilines is 1. The van der Waals surface area contributed by atoms with Crippen LogP contribution in [0.1, 0.15) is 12.5 Å². The van der Waals surface area contributed by atoms with Crippen molar-refractivity contribution in [3.05, 3.63) is 88.7 Å². The summed E-state index contributed by atoms with van der Waals surface area (Å²) in [6.45, 7) is 7.51. The van der Waals surface area contributed by atoms with E-state index in [2.05, 4.69) is 16.5 Å². The summed E-state index contributed by atoms with van der Waals surface area (Å²) >= 11 is 0. The van der Waals surface area contributed by atoms with Gasteiger partial charge in [0.05, 0.1) is 16.8 Å². The number of hydrogen-bond acceptors (Lipinski definition) is 7. The number of rotatable bonds is 5. The Balaban J connectivity index is 1.86. The molecule has 14 heteroatoms. The number of primary sulfonamides is 1. The normalized spacial score (nSPS) is 15.7. The van der Waals surface area contributed by atoms with Crippen LogP contribution in [0, 0.1) is 24.4 Å². The topological polar surface area (TPSA) is 131 Å². The van der Waals surface area contributed by atoms with Gasteiger partial charge in [-0.25, -0.2) is 36.5 Å². The molecule has 42 heavy (non-hydrogen) atoms. The molecule has 1 amide bonds. The highest BCUT2D eigenvalue weighted by Crippen LogP contribution is 2.36. The van der Waals surface area contributed by atoms with Crippen LogP contribution < -0.4 is 15.7 Å². The molecular formula is C28H25F3N6O4S. The number of nitrogens with zero attached hydrogens (tertiary/aromatic N) is 5. The highest BCUT2D eigenvalue weighted by atomic mass is 32.2. The zero-order valence-corrected chi connectivity index (χ0v) is 23.3. The highest BCUT2D eigenvalue weighted by molar-refractivity contribution is 7.89. The average Bonchev–Trinajstić information content (AvgIpc) is 2.92. The van der Waals surface area contributed by atoms with Gasteiger partial charge >= 0.3 is 5.69 Å². The van der Waals surface area contributed by atoms with Gasteiger partial charge in [0.15, 0.2) is 5.03 Å². The number of carbonyl (C=O) groups is 1. The van der Waals surface area contributed by atoms with Gasteiger partial charge in [0.25, 0.3) is 10.0 Å². The van der Waals surface area contributed by atoms with Crippen molar-refractivity contribution in [1.82, 2.24) is 19.4 Å². The number of fused-ring (bicyclic) bond motifs is 1. The number of halogens is 3. The number of carbonyl (C=O) groups excluding carboxylic acids is 1. The third-order valence-corrected chi connectivity index (χ3v) is 8.00. The van der Waals surface area contributed by atoms with Gasteiger partial charge in [0, 0.05) is 42.8 Å². The van der Waals surface area contributed by atoms with E-state index in [4.69, 9.17) is 5.14 Å². The van der Waals surface area contributed by atoms with Crippen LogP contribution in [-0.4, -0.2) is 59.4 Å². The van der Waals surface area contributed by atoms with Crippen LogP contribution in [0.25, 0.3) is 27.7 Å². The molecule has 1 aliphatic rings. The minimum atomic E-state index is -4.48. The number of benzene rings is 2. The van der Waals surface area contributed by atoms with Gasteiger partial charge in [0.1, 0.15) is 23.3 Å². The van der Waals surface area contributed by atoms with E-state index in [1.54, 1.807) is 16.7 Å². The lowest BCUT2D eigenvalue weighted by Crippen LogP contribution is -2.54. The second-order valence-corrected chi connectivity index (χ2v) is 11.3. The summed E-state index contributed by atoms with van der Waals surface area (Å²) in [7, 11) is -4.48. The lowest BCUT2D eigenvalue weighted by atomic mass is 10.0. The zero-order valence-electron chi connectivity index (χ0n) is 22.5. The summed E-state index contributed by atoms with van der Waals surface area (Å²) < 4.78 is 71.3. The van der Waals surface area contributed by atoms with Crippen LogP contribution in [0.3, 0.4) is 0 Å². The summed E-state index contributed by atoms with van der Waals surface area (Å²) in [4.78, 5) is 37.3. The van der Waals surface area contributed by atoms with E-state index in [0.717, 1.165) is 34.9 Å². The van der Waals surface area contributed by atoms with Gasteiger partial charge in [-0.3, -0.25) is 9.36 Å². The largest absolute Gasteiger partial charge is 0.354 e. The molecule has 0 saturated carbocycles. The maximum absolute atomic E-state index is 15.7. The second kappa shape index (κ2) is 10.7. The van der Waals surface area contributed by atoms with E-state index < -0.39 is 49.3 Å². The van der Waals surface area contributed by atoms with Gasteiger partial charge in [-0.15, -0.1) is 0 Å². The predicted octanol–water partition coefficient (Wildman–Crippen LogP) is 3.04. The van der Waals surface area contributed by atoms with Crippen molar-refractivity contribution in [3.8, 4) is 16.8 Å². The number of pyridine rings is 1. The van der Waals surface area contributed by atoms with Gasteiger partial charge in [0.2, 0.25) is 5.91 Å². The molecule has 4 aromatic rings. The van der Waals surface area contributed by atoms with Gasteiger partial charge in [-0.1, -0.05) is 12.6 Å². The Hall–Kier alpha value is -4.56. The van der Waals surface area contributed by atoms with E-state index in [-0.39, 0.29) is 59.6 Å². The Morgan fingerprint density at radius 1 is 1.12 bits per heavy atom. The summed E-state index contributed by atoms with van der Waals surface area (Å²) in [5.41, 5.74) is -2.22. The van der Waals surface area contributed by atoms with E-state index >= 15 is 4.39 Å². The molecule has 1 saturated heterocycles. The number of sulfonamides is 1. The van der Waals surface area contributed by atoms with Crippen molar-refractivity contribution in [1.29, 1.82) is 0 Å². The maximum Gasteiger partial charge on any atom is 0.354 e. The molecule has 0 spiro atoms. The third-order valence-electron chi connectivity index (χ3n) is 7.16. The zero-order chi connectivity index (χ0) is 30.5. The molecule has 0 bridgehead atoms. The van der Waals surface area contributed by atoms with Crippen LogP contribution in [-0.2, 0) is 14.8 Å². The van der Waals surface area contributed by atoms with Gasteiger partial charge in [-0.05, 0) is 55.8 Å². The van der Waals surface area contributed by atoms with Crippen molar-refractivity contribution >= 4 is 32.7 Å². The maximum atomic E-state index is 15.7. The van der Waals surface area contributed by atoms with E-state index in [1.165, 1.54) is 25.3 Å². The number of hydrogen-bond donors (Lipinski definition) is 1. The molecule has 0 aliphatic carbocycles. The molecule has 3 heterocycles. The molecule has 10 nitrogen and oxygen atoms in total. The molecule has 1 aliphatic heterocycles. The first kappa shape index (κ1) is 29.0. The molecule has 2 aromatic heterocycles. The fourth-order valence-corrected chi connectivity index (χ4v) is 5.95. The lowest BCUT2D eigenvalue weighted by molar-refractivity contribution is -0.126. The fourth-order valence-electron chi connectivity index (χ4n) is 5.22. The summed E-state index contributed by atoms with van der Waals surface area (Å²) in [5, 5.41) is 4.83. The van der Waals surface area contributed by atoms with Crippen LogP contribution in [0.15, 0.2) is 65.1 Å². The Labute approximate surface area is 238 Å². The van der Waals surface area contributed by atoms with Crippen molar-refractivity contribution in [2.24, 2.45) is 5.14 Å². The predicted molar refractivity (Wildman–Crippen MR) is 150 cm³/mol. The summed E-state index contributed by atoms with van der Waals surface area (Å²) in [6.07, 6.45) is 2.38. The van der Waals surface area contributed by atoms with Gasteiger partial charge < -0.3 is 9.80 Å². The quantitative estimate of drug-likeness (QED) is 0.350. The first-order valence-electron chi connectivity index (χ1n) is 12.7. The van der Waals surface area contributed by atoms with E-state index in [1.807, 2.05) is 0 Å². The Bertz CT molecular complexity index is 1930. The first-order chi connectivity index (χ1) is 19.8. The Kier molecular flexibility index (Phi) is 7.37. The smallest absolute Gasteiger partial charge is 0.350 e. The molecule has 218 valence electrons. The van der Waals surface area contributed by atoms with E-state index in [0.29, 0.717) is 0 Å². The Morgan fingerprint density at radius 3 is 2.43 bits per heavy atom.